The predicted molar refractivity (Wildman–Crippen MR) is 113 cm³/mol. The molecule has 0 amide bonds. The van der Waals surface area contributed by atoms with E-state index in [2.05, 4.69) is 24.8 Å². The lowest BCUT2D eigenvalue weighted by Crippen LogP contribution is -2.51. The van der Waals surface area contributed by atoms with Gasteiger partial charge in [-0.1, -0.05) is 11.8 Å². The van der Waals surface area contributed by atoms with Crippen molar-refractivity contribution in [3.05, 3.63) is 48.4 Å². The molecule has 152 valence electrons. The largest absolute Gasteiger partial charge is 0.405 e. The summed E-state index contributed by atoms with van der Waals surface area (Å²) in [4.78, 5) is 20.3. The van der Waals surface area contributed by atoms with Gasteiger partial charge >= 0.3 is 0 Å². The molecule has 1 spiro atoms. The first kappa shape index (κ1) is 19.8. The van der Waals surface area contributed by atoms with Gasteiger partial charge in [0.15, 0.2) is 5.82 Å². The molecule has 2 aromatic rings. The molecule has 0 aromatic carbocycles. The van der Waals surface area contributed by atoms with Gasteiger partial charge in [0.25, 0.3) is 0 Å². The summed E-state index contributed by atoms with van der Waals surface area (Å²) in [6, 6.07) is 1.57. The molecule has 4 rings (SSSR count). The van der Waals surface area contributed by atoms with Crippen molar-refractivity contribution in [3.63, 3.8) is 0 Å². The molecular weight excluding hydrogens is 389 g/mol. The molecule has 4 N–H and O–H groups in total. The molecule has 1 fully saturated rings. The average Bonchev–Trinajstić information content (AvgIpc) is 3.03. The molecule has 1 saturated heterocycles. The maximum absolute atomic E-state index is 14.1. The molecular formula is C20H24FN7S. The maximum Gasteiger partial charge on any atom is 0.158 e. The van der Waals surface area contributed by atoms with E-state index in [0.29, 0.717) is 15.6 Å². The van der Waals surface area contributed by atoms with E-state index in [9.17, 15) is 4.39 Å². The van der Waals surface area contributed by atoms with Gasteiger partial charge in [-0.2, -0.15) is 0 Å². The number of halogens is 1. The fourth-order valence-corrected chi connectivity index (χ4v) is 4.71. The van der Waals surface area contributed by atoms with Crippen LogP contribution in [0.25, 0.3) is 0 Å². The molecule has 2 aliphatic heterocycles. The first-order chi connectivity index (χ1) is 14.0. The Morgan fingerprint density at radius 2 is 2.03 bits per heavy atom. The molecule has 2 aromatic heterocycles. The molecule has 0 bridgehead atoms. The summed E-state index contributed by atoms with van der Waals surface area (Å²) in [6.45, 7) is 4.10. The van der Waals surface area contributed by atoms with Gasteiger partial charge in [0.1, 0.15) is 10.8 Å². The van der Waals surface area contributed by atoms with Crippen LogP contribution in [0.5, 0.6) is 0 Å². The highest BCUT2D eigenvalue weighted by atomic mass is 32.2. The minimum atomic E-state index is -0.316. The van der Waals surface area contributed by atoms with Gasteiger partial charge in [-0.25, -0.2) is 14.4 Å². The van der Waals surface area contributed by atoms with E-state index >= 15 is 0 Å². The molecule has 7 nitrogen and oxygen atoms in total. The van der Waals surface area contributed by atoms with Gasteiger partial charge in [0.2, 0.25) is 0 Å². The number of aryl methyl sites for hydroxylation is 1. The highest BCUT2D eigenvalue weighted by Gasteiger charge is 2.45. The minimum Gasteiger partial charge on any atom is -0.405 e. The van der Waals surface area contributed by atoms with Crippen molar-refractivity contribution >= 4 is 23.3 Å². The van der Waals surface area contributed by atoms with Crippen molar-refractivity contribution < 1.29 is 4.39 Å². The Kier molecular flexibility index (Phi) is 5.51. The van der Waals surface area contributed by atoms with Crippen molar-refractivity contribution in [1.82, 2.24) is 15.0 Å². The summed E-state index contributed by atoms with van der Waals surface area (Å²) in [6.07, 6.45) is 10.2. The maximum atomic E-state index is 14.1. The summed E-state index contributed by atoms with van der Waals surface area (Å²) >= 11 is 1.25. The van der Waals surface area contributed by atoms with Crippen LogP contribution >= 0.6 is 11.8 Å². The lowest BCUT2D eigenvalue weighted by Gasteiger charge is -2.41. The summed E-state index contributed by atoms with van der Waals surface area (Å²) in [5, 5.41) is 0.649. The van der Waals surface area contributed by atoms with Crippen LogP contribution in [-0.2, 0) is 0 Å². The third-order valence-corrected chi connectivity index (χ3v) is 6.72. The van der Waals surface area contributed by atoms with Crippen molar-refractivity contribution in [2.45, 2.75) is 35.7 Å². The Balaban J connectivity index is 1.39. The molecule has 1 unspecified atom stereocenters. The van der Waals surface area contributed by atoms with E-state index in [0.717, 1.165) is 44.0 Å². The number of hydrogen-bond donors (Lipinski definition) is 2. The van der Waals surface area contributed by atoms with E-state index < -0.39 is 0 Å². The fourth-order valence-electron chi connectivity index (χ4n) is 3.91. The molecule has 1 atom stereocenters. The van der Waals surface area contributed by atoms with Crippen LogP contribution in [0, 0.1) is 18.2 Å². The van der Waals surface area contributed by atoms with E-state index in [1.165, 1.54) is 18.0 Å². The second-order valence-electron chi connectivity index (χ2n) is 7.45. The number of aromatic nitrogens is 3. The van der Waals surface area contributed by atoms with Crippen LogP contribution < -0.4 is 16.4 Å². The van der Waals surface area contributed by atoms with Crippen LogP contribution in [0.1, 0.15) is 18.5 Å². The van der Waals surface area contributed by atoms with Crippen LogP contribution in [0.15, 0.2) is 51.8 Å². The molecule has 0 radical (unpaired) electrons. The fraction of sp³-hybridized carbons (Fsp3) is 0.400. The zero-order valence-electron chi connectivity index (χ0n) is 16.3. The number of piperidine rings is 1. The van der Waals surface area contributed by atoms with Gasteiger partial charge in [-0.15, -0.1) is 0 Å². The first-order valence-corrected chi connectivity index (χ1v) is 10.4. The van der Waals surface area contributed by atoms with Crippen molar-refractivity contribution in [2.24, 2.45) is 21.9 Å². The number of anilines is 1. The van der Waals surface area contributed by atoms with Crippen molar-refractivity contribution in [2.75, 3.05) is 24.5 Å². The SMILES string of the molecule is Cc1nccc(Sc2cnc(N3CCC4(CC3)CN=C(/C=C\N)C4N)cn2)c1F. The molecule has 0 aliphatic carbocycles. The zero-order chi connectivity index (χ0) is 20.4. The van der Waals surface area contributed by atoms with E-state index in [4.69, 9.17) is 11.5 Å². The third-order valence-electron chi connectivity index (χ3n) is 5.76. The van der Waals surface area contributed by atoms with E-state index in [1.54, 1.807) is 37.7 Å². The lowest BCUT2D eigenvalue weighted by molar-refractivity contribution is 0.227. The van der Waals surface area contributed by atoms with Gasteiger partial charge < -0.3 is 16.4 Å². The topological polar surface area (TPSA) is 106 Å². The van der Waals surface area contributed by atoms with Gasteiger partial charge in [-0.05, 0) is 38.1 Å². The highest BCUT2D eigenvalue weighted by molar-refractivity contribution is 7.99. The van der Waals surface area contributed by atoms with Crippen LogP contribution in [-0.4, -0.2) is 46.3 Å². The van der Waals surface area contributed by atoms with Gasteiger partial charge in [0.05, 0.1) is 34.7 Å². The number of pyridine rings is 1. The molecule has 2 aliphatic rings. The number of hydrogen-bond acceptors (Lipinski definition) is 8. The van der Waals surface area contributed by atoms with Crippen molar-refractivity contribution in [3.8, 4) is 0 Å². The molecule has 9 heteroatoms. The Morgan fingerprint density at radius 3 is 2.72 bits per heavy atom. The number of rotatable bonds is 4. The smallest absolute Gasteiger partial charge is 0.158 e. The van der Waals surface area contributed by atoms with Gasteiger partial charge in [-0.3, -0.25) is 9.98 Å². The Morgan fingerprint density at radius 1 is 1.24 bits per heavy atom. The third kappa shape index (κ3) is 3.84. The predicted octanol–water partition coefficient (Wildman–Crippen LogP) is 2.31. The number of nitrogens with zero attached hydrogens (tertiary/aromatic N) is 5. The van der Waals surface area contributed by atoms with Gasteiger partial charge in [0, 0.05) is 31.2 Å². The van der Waals surface area contributed by atoms with E-state index in [1.807, 2.05) is 0 Å². The molecule has 4 heterocycles. The summed E-state index contributed by atoms with van der Waals surface area (Å²) in [5.41, 5.74) is 13.2. The standard InChI is InChI=1S/C20H24FN7S/c1-13-18(21)15(3-7-24-13)29-17-11-25-16(10-26-17)28-8-4-20(5-9-28)12-27-14(2-6-22)19(20)23/h2-3,6-7,10-11,19H,4-5,8-9,12,22-23H2,1H3/b6-2-. The summed E-state index contributed by atoms with van der Waals surface area (Å²) in [7, 11) is 0. The van der Waals surface area contributed by atoms with Crippen molar-refractivity contribution in [1.29, 1.82) is 0 Å². The Bertz CT molecular complexity index is 936. The quantitative estimate of drug-likeness (QED) is 0.792. The number of aliphatic imine (C=N–C) groups is 1. The Labute approximate surface area is 173 Å². The average molecular weight is 414 g/mol. The first-order valence-electron chi connectivity index (χ1n) is 9.56. The second-order valence-corrected chi connectivity index (χ2v) is 8.51. The van der Waals surface area contributed by atoms with Crippen LogP contribution in [0.2, 0.25) is 0 Å². The number of nitrogens with two attached hydrogens (primary N) is 2. The summed E-state index contributed by atoms with van der Waals surface area (Å²) < 4.78 is 14.1. The van der Waals surface area contributed by atoms with Crippen LogP contribution in [0.4, 0.5) is 10.2 Å². The highest BCUT2D eigenvalue weighted by Crippen LogP contribution is 2.40. The zero-order valence-corrected chi connectivity index (χ0v) is 17.1. The monoisotopic (exact) mass is 413 g/mol. The molecule has 0 saturated carbocycles. The van der Waals surface area contributed by atoms with Crippen LogP contribution in [0.3, 0.4) is 0 Å². The normalized spacial score (nSPS) is 21.1. The lowest BCUT2D eigenvalue weighted by atomic mass is 9.73. The van der Waals surface area contributed by atoms with E-state index in [-0.39, 0.29) is 17.3 Å². The molecule has 29 heavy (non-hydrogen) atoms. The Hall–Kier alpha value is -2.52. The minimum absolute atomic E-state index is 0.00525. The summed E-state index contributed by atoms with van der Waals surface area (Å²) in [5.74, 6) is 0.508. The second kappa shape index (κ2) is 8.08.